The van der Waals surface area contributed by atoms with Gasteiger partial charge in [0.15, 0.2) is 0 Å². The molecule has 2 rings (SSSR count). The summed E-state index contributed by atoms with van der Waals surface area (Å²) >= 11 is 0. The van der Waals surface area contributed by atoms with Crippen LogP contribution in [0.5, 0.6) is 0 Å². The van der Waals surface area contributed by atoms with Crippen LogP contribution in [-0.2, 0) is 32.5 Å². The Bertz CT molecular complexity index is 699. The number of carbonyl (C=O) groups excluding carboxylic acids is 1. The van der Waals surface area contributed by atoms with Crippen molar-refractivity contribution in [1.29, 1.82) is 0 Å². The van der Waals surface area contributed by atoms with Gasteiger partial charge in [0.05, 0.1) is 4.90 Å². The van der Waals surface area contributed by atoms with Crippen LogP contribution in [0, 0.1) is 0 Å². The molecule has 8 heteroatoms. The minimum Gasteiger partial charge on any atom is -0.480 e. The molecule has 1 aromatic rings. The molecule has 0 saturated heterocycles. The number of nitrogens with one attached hydrogen (secondary N) is 1. The first-order valence-electron chi connectivity index (χ1n) is 6.88. The van der Waals surface area contributed by atoms with Crippen LogP contribution in [0.1, 0.15) is 18.1 Å². The molecule has 22 heavy (non-hydrogen) atoms. The number of rotatable bonds is 4. The van der Waals surface area contributed by atoms with Gasteiger partial charge in [-0.1, -0.05) is 6.07 Å². The molecule has 0 atom stereocenters. The van der Waals surface area contributed by atoms with Crippen molar-refractivity contribution in [3.05, 3.63) is 29.3 Å². The van der Waals surface area contributed by atoms with Crippen molar-refractivity contribution in [2.24, 2.45) is 0 Å². The number of carbonyl (C=O) groups is 2. The van der Waals surface area contributed by atoms with Crippen LogP contribution >= 0.6 is 0 Å². The van der Waals surface area contributed by atoms with Gasteiger partial charge in [0.25, 0.3) is 0 Å². The molecule has 0 aliphatic carbocycles. The van der Waals surface area contributed by atoms with E-state index in [0.717, 1.165) is 11.1 Å². The maximum absolute atomic E-state index is 12.0. The monoisotopic (exact) mass is 326 g/mol. The second-order valence-corrected chi connectivity index (χ2v) is 6.92. The van der Waals surface area contributed by atoms with E-state index < -0.39 is 22.5 Å². The minimum atomic E-state index is -3.84. The number of amides is 1. The van der Waals surface area contributed by atoms with Crippen LogP contribution in [0.25, 0.3) is 0 Å². The Balaban J connectivity index is 2.22. The number of carboxylic acids is 1. The van der Waals surface area contributed by atoms with E-state index >= 15 is 0 Å². The Morgan fingerprint density at radius 1 is 1.23 bits per heavy atom. The van der Waals surface area contributed by atoms with Crippen LogP contribution in [0.15, 0.2) is 23.1 Å². The molecule has 0 spiro atoms. The highest BCUT2D eigenvalue weighted by molar-refractivity contribution is 7.89. The summed E-state index contributed by atoms with van der Waals surface area (Å²) in [6.45, 7) is 2.03. The summed E-state index contributed by atoms with van der Waals surface area (Å²) in [7, 11) is -3.84. The highest BCUT2D eigenvalue weighted by Crippen LogP contribution is 2.20. The van der Waals surface area contributed by atoms with E-state index in [9.17, 15) is 18.0 Å². The molecule has 0 aromatic heterocycles. The third-order valence-corrected chi connectivity index (χ3v) is 5.05. The van der Waals surface area contributed by atoms with E-state index in [1.165, 1.54) is 13.0 Å². The van der Waals surface area contributed by atoms with Gasteiger partial charge < -0.3 is 10.0 Å². The first-order chi connectivity index (χ1) is 10.3. The smallest absolute Gasteiger partial charge is 0.318 e. The summed E-state index contributed by atoms with van der Waals surface area (Å²) in [5, 5.41) is 8.57. The fourth-order valence-corrected chi connectivity index (χ4v) is 3.45. The van der Waals surface area contributed by atoms with Crippen LogP contribution in [-0.4, -0.2) is 49.9 Å². The summed E-state index contributed by atoms with van der Waals surface area (Å²) in [6, 6.07) is 4.75. The zero-order valence-electron chi connectivity index (χ0n) is 12.2. The van der Waals surface area contributed by atoms with Gasteiger partial charge in [0, 0.05) is 20.0 Å². The normalized spacial score (nSPS) is 15.0. The molecular formula is C14H18N2O5S. The Kier molecular flexibility index (Phi) is 4.82. The second-order valence-electron chi connectivity index (χ2n) is 5.15. The first-order valence-corrected chi connectivity index (χ1v) is 8.36. The van der Waals surface area contributed by atoms with Crippen molar-refractivity contribution in [3.63, 3.8) is 0 Å². The molecule has 0 fully saturated rings. The lowest BCUT2D eigenvalue weighted by Crippen LogP contribution is -2.30. The van der Waals surface area contributed by atoms with E-state index in [1.54, 1.807) is 17.0 Å². The molecule has 7 nitrogen and oxygen atoms in total. The molecule has 1 aliphatic rings. The summed E-state index contributed by atoms with van der Waals surface area (Å²) in [4.78, 5) is 23.7. The van der Waals surface area contributed by atoms with Crippen molar-refractivity contribution in [3.8, 4) is 0 Å². The van der Waals surface area contributed by atoms with Gasteiger partial charge in [-0.3, -0.25) is 9.59 Å². The van der Waals surface area contributed by atoms with E-state index in [4.69, 9.17) is 5.11 Å². The fraction of sp³-hybridized carbons (Fsp3) is 0.429. The molecule has 120 valence electrons. The number of carboxylic acid groups (broad SMARTS) is 1. The predicted octanol–water partition coefficient (Wildman–Crippen LogP) is -0.00340. The predicted molar refractivity (Wildman–Crippen MR) is 78.9 cm³/mol. The molecule has 0 saturated carbocycles. The third-order valence-electron chi connectivity index (χ3n) is 3.65. The topological polar surface area (TPSA) is 104 Å². The lowest BCUT2D eigenvalue weighted by molar-refractivity contribution is -0.135. The number of hydrogen-bond acceptors (Lipinski definition) is 4. The molecule has 0 bridgehead atoms. The number of nitrogens with zero attached hydrogens (tertiary/aromatic N) is 1. The van der Waals surface area contributed by atoms with Gasteiger partial charge in [-0.25, -0.2) is 8.42 Å². The zero-order chi connectivity index (χ0) is 16.3. The number of hydrogen-bond donors (Lipinski definition) is 2. The highest BCUT2D eigenvalue weighted by atomic mass is 32.2. The largest absolute Gasteiger partial charge is 0.480 e. The second kappa shape index (κ2) is 6.45. The molecule has 1 heterocycles. The minimum absolute atomic E-state index is 0.00350. The Labute approximate surface area is 129 Å². The Morgan fingerprint density at radius 3 is 2.45 bits per heavy atom. The summed E-state index contributed by atoms with van der Waals surface area (Å²) < 4.78 is 26.1. The van der Waals surface area contributed by atoms with Crippen molar-refractivity contribution < 1.29 is 23.1 Å². The SMILES string of the molecule is CC(=O)N1CCc2ccc(S(=O)(=O)NCC(=O)O)cc2CC1. The Hall–Kier alpha value is -1.93. The van der Waals surface area contributed by atoms with E-state index in [1.807, 2.05) is 4.72 Å². The highest BCUT2D eigenvalue weighted by Gasteiger charge is 2.20. The molecule has 2 N–H and O–H groups in total. The molecule has 1 aromatic carbocycles. The van der Waals surface area contributed by atoms with Crippen molar-refractivity contribution in [2.75, 3.05) is 19.6 Å². The average Bonchev–Trinajstić information content (AvgIpc) is 2.67. The van der Waals surface area contributed by atoms with Crippen molar-refractivity contribution >= 4 is 21.9 Å². The number of sulfonamides is 1. The molecule has 0 unspecified atom stereocenters. The maximum Gasteiger partial charge on any atom is 0.318 e. The van der Waals surface area contributed by atoms with Crippen LogP contribution in [0.2, 0.25) is 0 Å². The molecule has 0 radical (unpaired) electrons. The molecule has 1 amide bonds. The standard InChI is InChI=1S/C14H18N2O5S/c1-10(17)16-6-4-11-2-3-13(8-12(11)5-7-16)22(20,21)15-9-14(18)19/h2-3,8,15H,4-7,9H2,1H3,(H,18,19). The summed E-state index contributed by atoms with van der Waals surface area (Å²) in [6.07, 6.45) is 1.26. The zero-order valence-corrected chi connectivity index (χ0v) is 13.0. The van der Waals surface area contributed by atoms with Crippen LogP contribution in [0.4, 0.5) is 0 Å². The maximum atomic E-state index is 12.0. The number of fused-ring (bicyclic) bond motifs is 1. The number of benzene rings is 1. The van der Waals surface area contributed by atoms with Crippen molar-refractivity contribution in [2.45, 2.75) is 24.7 Å². The first kappa shape index (κ1) is 16.4. The van der Waals surface area contributed by atoms with Crippen molar-refractivity contribution in [1.82, 2.24) is 9.62 Å². The quantitative estimate of drug-likeness (QED) is 0.810. The lowest BCUT2D eigenvalue weighted by atomic mass is 10.0. The molecule has 1 aliphatic heterocycles. The van der Waals surface area contributed by atoms with E-state index in [2.05, 4.69) is 0 Å². The third kappa shape index (κ3) is 3.83. The lowest BCUT2D eigenvalue weighted by Gasteiger charge is -2.17. The van der Waals surface area contributed by atoms with Gasteiger partial charge in [-0.2, -0.15) is 4.72 Å². The number of aliphatic carboxylic acids is 1. The molecular weight excluding hydrogens is 308 g/mol. The summed E-state index contributed by atoms with van der Waals surface area (Å²) in [5.41, 5.74) is 1.89. The van der Waals surface area contributed by atoms with Gasteiger partial charge in [0.2, 0.25) is 15.9 Å². The van der Waals surface area contributed by atoms with Crippen LogP contribution < -0.4 is 4.72 Å². The van der Waals surface area contributed by atoms with Gasteiger partial charge in [-0.05, 0) is 36.1 Å². The fourth-order valence-electron chi connectivity index (χ4n) is 2.42. The average molecular weight is 326 g/mol. The van der Waals surface area contributed by atoms with Gasteiger partial charge in [0.1, 0.15) is 6.54 Å². The van der Waals surface area contributed by atoms with E-state index in [0.29, 0.717) is 25.9 Å². The van der Waals surface area contributed by atoms with Crippen LogP contribution in [0.3, 0.4) is 0 Å². The van der Waals surface area contributed by atoms with Gasteiger partial charge in [-0.15, -0.1) is 0 Å². The Morgan fingerprint density at radius 2 is 1.86 bits per heavy atom. The van der Waals surface area contributed by atoms with E-state index in [-0.39, 0.29) is 10.8 Å². The summed E-state index contributed by atoms with van der Waals surface area (Å²) in [5.74, 6) is -1.24. The van der Waals surface area contributed by atoms with Gasteiger partial charge >= 0.3 is 5.97 Å².